The quantitative estimate of drug-likeness (QED) is 0.518. The molecule has 0 N–H and O–H groups in total. The Morgan fingerprint density at radius 1 is 0.789 bits per heavy atom. The first-order valence-corrected chi connectivity index (χ1v) is 10.5. The fourth-order valence-corrected chi connectivity index (χ4v) is 7.25. The zero-order valence-electron chi connectivity index (χ0n) is 9.28. The third-order valence-electron chi connectivity index (χ3n) is 2.52. The van der Waals surface area contributed by atoms with E-state index in [0.29, 0.717) is 30.7 Å². The number of benzene rings is 2. The Balaban J connectivity index is 2.69. The fourth-order valence-electron chi connectivity index (χ4n) is 1.58. The van der Waals surface area contributed by atoms with Crippen molar-refractivity contribution in [2.75, 3.05) is 0 Å². The van der Waals surface area contributed by atoms with Gasteiger partial charge in [-0.1, -0.05) is 82.5 Å². The van der Waals surface area contributed by atoms with Gasteiger partial charge in [-0.3, -0.25) is 0 Å². The number of thiol groups is 1. The molecule has 0 aromatic heterocycles. The lowest BCUT2D eigenvalue weighted by atomic mass is 10.3. The summed E-state index contributed by atoms with van der Waals surface area (Å²) < 4.78 is 0. The predicted molar refractivity (Wildman–Crippen MR) is 95.5 cm³/mol. The molecule has 0 fully saturated rings. The summed E-state index contributed by atoms with van der Waals surface area (Å²) in [6.07, 6.45) is 0. The molecule has 0 radical (unpaired) electrons. The SMILES string of the molecule is S=P(S)(c1cccc(Cl)c1Cl)c1cccc(Cl)c1Cl. The van der Waals surface area contributed by atoms with Crippen LogP contribution in [0.4, 0.5) is 0 Å². The van der Waals surface area contributed by atoms with Crippen molar-refractivity contribution in [3.63, 3.8) is 0 Å². The molecule has 0 atom stereocenters. The van der Waals surface area contributed by atoms with Crippen LogP contribution in [0.15, 0.2) is 36.4 Å². The molecule has 0 heterocycles. The second-order valence-corrected chi connectivity index (χ2v) is 11.7. The molecular weight excluding hydrogens is 381 g/mol. The van der Waals surface area contributed by atoms with E-state index in [1.807, 2.05) is 12.1 Å². The van der Waals surface area contributed by atoms with E-state index in [-0.39, 0.29) is 0 Å². The Kier molecular flexibility index (Phi) is 5.17. The third kappa shape index (κ3) is 3.11. The second kappa shape index (κ2) is 6.15. The Bertz CT molecular complexity index is 632. The largest absolute Gasteiger partial charge is 0.133 e. The Hall–Kier alpha value is 0.600. The van der Waals surface area contributed by atoms with Gasteiger partial charge in [0.25, 0.3) is 0 Å². The molecule has 0 spiro atoms. The fraction of sp³-hybridized carbons (Fsp3) is 0. The summed E-state index contributed by atoms with van der Waals surface area (Å²) in [5.74, 6) is 0. The highest BCUT2D eigenvalue weighted by molar-refractivity contribution is 8.68. The predicted octanol–water partition coefficient (Wildman–Crippen LogP) is 5.58. The van der Waals surface area contributed by atoms with E-state index >= 15 is 0 Å². The average Bonchev–Trinajstić information content (AvgIpc) is 2.35. The Morgan fingerprint density at radius 3 is 1.53 bits per heavy atom. The molecule has 0 amide bonds. The summed E-state index contributed by atoms with van der Waals surface area (Å²) in [4.78, 5) is 0. The molecule has 0 unspecified atom stereocenters. The molecular formula is C12H7Cl4PS2. The number of halogens is 4. The van der Waals surface area contributed by atoms with Crippen molar-refractivity contribution in [1.82, 2.24) is 0 Å². The van der Waals surface area contributed by atoms with Gasteiger partial charge in [-0.2, -0.15) is 0 Å². The molecule has 0 aliphatic carbocycles. The minimum atomic E-state index is -2.43. The number of hydrogen-bond acceptors (Lipinski definition) is 1. The molecule has 0 nitrogen and oxygen atoms in total. The van der Waals surface area contributed by atoms with Crippen LogP contribution in [0.2, 0.25) is 20.1 Å². The second-order valence-electron chi connectivity index (χ2n) is 3.72. The van der Waals surface area contributed by atoms with Gasteiger partial charge in [0.1, 0.15) is 0 Å². The zero-order chi connectivity index (χ0) is 14.2. The third-order valence-corrected chi connectivity index (χ3v) is 8.94. The van der Waals surface area contributed by atoms with Crippen LogP contribution in [0.1, 0.15) is 0 Å². The van der Waals surface area contributed by atoms with Gasteiger partial charge in [0.05, 0.1) is 25.3 Å². The van der Waals surface area contributed by atoms with Crippen molar-refractivity contribution >= 4 is 86.3 Å². The van der Waals surface area contributed by atoms with E-state index in [2.05, 4.69) is 12.2 Å². The summed E-state index contributed by atoms with van der Waals surface area (Å²) >= 11 is 34.8. The van der Waals surface area contributed by atoms with Crippen LogP contribution in [0.3, 0.4) is 0 Å². The van der Waals surface area contributed by atoms with E-state index in [9.17, 15) is 0 Å². The molecule has 0 aliphatic rings. The van der Waals surface area contributed by atoms with Gasteiger partial charge in [0, 0.05) is 10.6 Å². The van der Waals surface area contributed by atoms with Crippen molar-refractivity contribution in [2.45, 2.75) is 0 Å². The van der Waals surface area contributed by atoms with Gasteiger partial charge >= 0.3 is 0 Å². The van der Waals surface area contributed by atoms with Crippen LogP contribution in [0.5, 0.6) is 0 Å². The first-order valence-electron chi connectivity index (χ1n) is 5.07. The maximum Gasteiger partial charge on any atom is 0.0687 e. The highest BCUT2D eigenvalue weighted by Crippen LogP contribution is 2.53. The molecule has 2 aromatic rings. The molecule has 7 heteroatoms. The minimum Gasteiger partial charge on any atom is -0.133 e. The Labute approximate surface area is 142 Å². The molecule has 0 saturated carbocycles. The zero-order valence-corrected chi connectivity index (χ0v) is 14.9. The monoisotopic (exact) mass is 386 g/mol. The minimum absolute atomic E-state index is 0.415. The first-order chi connectivity index (χ1) is 8.85. The first kappa shape index (κ1) is 16.0. The van der Waals surface area contributed by atoms with E-state index in [1.165, 1.54) is 0 Å². The summed E-state index contributed by atoms with van der Waals surface area (Å²) in [6.45, 7) is 0. The molecule has 0 aliphatic heterocycles. The maximum atomic E-state index is 6.22. The van der Waals surface area contributed by atoms with Crippen LogP contribution in [0, 0.1) is 0 Å². The van der Waals surface area contributed by atoms with Gasteiger partial charge in [0.2, 0.25) is 0 Å². The molecule has 0 bridgehead atoms. The average molecular weight is 388 g/mol. The van der Waals surface area contributed by atoms with Gasteiger partial charge in [-0.15, -0.1) is 12.2 Å². The van der Waals surface area contributed by atoms with E-state index in [0.717, 1.165) is 0 Å². The lowest BCUT2D eigenvalue weighted by Crippen LogP contribution is -2.14. The van der Waals surface area contributed by atoms with Gasteiger partial charge < -0.3 is 0 Å². The molecule has 0 saturated heterocycles. The highest BCUT2D eigenvalue weighted by atomic mass is 35.5. The lowest BCUT2D eigenvalue weighted by molar-refractivity contribution is 1.75. The summed E-state index contributed by atoms with van der Waals surface area (Å²) in [7, 11) is 0. The molecule has 100 valence electrons. The Morgan fingerprint density at radius 2 is 1.16 bits per heavy atom. The van der Waals surface area contributed by atoms with Crippen LogP contribution < -0.4 is 10.6 Å². The lowest BCUT2D eigenvalue weighted by Gasteiger charge is -2.20. The summed E-state index contributed by atoms with van der Waals surface area (Å²) in [5.41, 5.74) is 0. The molecule has 2 rings (SSSR count). The van der Waals surface area contributed by atoms with Crippen molar-refractivity contribution in [3.05, 3.63) is 56.5 Å². The van der Waals surface area contributed by atoms with E-state index in [4.69, 9.17) is 58.2 Å². The smallest absolute Gasteiger partial charge is 0.0687 e. The number of hydrogen-bond donors (Lipinski definition) is 1. The highest BCUT2D eigenvalue weighted by Gasteiger charge is 2.24. The summed E-state index contributed by atoms with van der Waals surface area (Å²) in [6, 6.07) is 10.6. The van der Waals surface area contributed by atoms with E-state index < -0.39 is 5.24 Å². The maximum absolute atomic E-state index is 6.22. The van der Waals surface area contributed by atoms with Gasteiger partial charge in [0.15, 0.2) is 0 Å². The van der Waals surface area contributed by atoms with Crippen molar-refractivity contribution in [2.24, 2.45) is 0 Å². The van der Waals surface area contributed by atoms with E-state index in [1.54, 1.807) is 24.3 Å². The van der Waals surface area contributed by atoms with Gasteiger partial charge in [-0.25, -0.2) is 0 Å². The van der Waals surface area contributed by atoms with Crippen LogP contribution >= 0.6 is 63.9 Å². The van der Waals surface area contributed by atoms with Crippen molar-refractivity contribution in [3.8, 4) is 0 Å². The van der Waals surface area contributed by atoms with Crippen molar-refractivity contribution < 1.29 is 0 Å². The van der Waals surface area contributed by atoms with Gasteiger partial charge in [-0.05, 0) is 12.1 Å². The molecule has 2 aromatic carbocycles. The van der Waals surface area contributed by atoms with Crippen molar-refractivity contribution in [1.29, 1.82) is 0 Å². The van der Waals surface area contributed by atoms with Crippen LogP contribution in [-0.4, -0.2) is 0 Å². The van der Waals surface area contributed by atoms with Crippen LogP contribution in [-0.2, 0) is 11.8 Å². The normalized spacial score (nSPS) is 11.6. The summed E-state index contributed by atoms with van der Waals surface area (Å²) in [5, 5.41) is 0.714. The van der Waals surface area contributed by atoms with Crippen LogP contribution in [0.25, 0.3) is 0 Å². The molecule has 19 heavy (non-hydrogen) atoms. The topological polar surface area (TPSA) is 0 Å². The standard InChI is InChI=1S/C12H7Cl4PS2/c13-7-3-1-5-9(11(7)15)17(18,19)10-6-2-4-8(14)12(10)16/h1-6H,(H,18,19). The number of rotatable bonds is 2.